The number of Topliss-reactive ketones (excluding diaryl/α,β-unsaturated/α-hetero) is 1. The number of aromatic nitrogens is 1. The second-order valence-corrected chi connectivity index (χ2v) is 8.19. The summed E-state index contributed by atoms with van der Waals surface area (Å²) in [5.74, 6) is 1.32. The molecule has 1 aromatic carbocycles. The molecule has 0 bridgehead atoms. The second kappa shape index (κ2) is 9.28. The highest BCUT2D eigenvalue weighted by atomic mass is 16.5. The summed E-state index contributed by atoms with van der Waals surface area (Å²) < 4.78 is 10.7. The Morgan fingerprint density at radius 2 is 2.03 bits per heavy atom. The van der Waals surface area contributed by atoms with Gasteiger partial charge in [0, 0.05) is 36.6 Å². The van der Waals surface area contributed by atoms with Crippen molar-refractivity contribution in [3.8, 4) is 5.88 Å². The summed E-state index contributed by atoms with van der Waals surface area (Å²) in [6.45, 7) is 0.654. The Balaban J connectivity index is 1.46. The standard InChI is InChI=1S/C24H28N2O4/c1-29-23-11-10-19-18(14-25-24(28)30-15-16-6-3-2-4-7-16)12-20-17(13-21(19)26-23)8-5-9-22(20)27/h2-4,6-7,10-11,17-18,20H,5,8-9,12-15H2,1H3,(H,25,28)/t17-,18+,20+/m0/s1. The molecule has 0 aliphatic heterocycles. The molecule has 1 fully saturated rings. The lowest BCUT2D eigenvalue weighted by Crippen LogP contribution is -2.33. The number of methoxy groups -OCH3 is 1. The smallest absolute Gasteiger partial charge is 0.407 e. The summed E-state index contributed by atoms with van der Waals surface area (Å²) in [5.41, 5.74) is 3.03. The van der Waals surface area contributed by atoms with E-state index in [0.717, 1.165) is 42.5 Å². The van der Waals surface area contributed by atoms with Crippen LogP contribution < -0.4 is 10.1 Å². The van der Waals surface area contributed by atoms with Crippen LogP contribution in [-0.4, -0.2) is 30.5 Å². The monoisotopic (exact) mass is 408 g/mol. The van der Waals surface area contributed by atoms with Crippen molar-refractivity contribution in [2.45, 2.75) is 44.6 Å². The maximum atomic E-state index is 12.6. The highest BCUT2D eigenvalue weighted by Gasteiger charge is 2.38. The topological polar surface area (TPSA) is 77.5 Å². The van der Waals surface area contributed by atoms with Crippen LogP contribution >= 0.6 is 0 Å². The molecule has 0 saturated heterocycles. The summed E-state index contributed by atoms with van der Waals surface area (Å²) >= 11 is 0. The highest BCUT2D eigenvalue weighted by molar-refractivity contribution is 5.82. The number of amides is 1. The van der Waals surface area contributed by atoms with Crippen molar-refractivity contribution < 1.29 is 19.1 Å². The Morgan fingerprint density at radius 1 is 1.20 bits per heavy atom. The molecule has 6 nitrogen and oxygen atoms in total. The van der Waals surface area contributed by atoms with Gasteiger partial charge in [-0.15, -0.1) is 0 Å². The molecule has 0 spiro atoms. The molecule has 1 amide bonds. The number of carbonyl (C=O) groups excluding carboxylic acids is 2. The van der Waals surface area contributed by atoms with E-state index >= 15 is 0 Å². The third-order valence-electron chi connectivity index (χ3n) is 6.31. The van der Waals surface area contributed by atoms with Crippen LogP contribution in [0.5, 0.6) is 5.88 Å². The predicted molar refractivity (Wildman–Crippen MR) is 112 cm³/mol. The number of pyridine rings is 1. The predicted octanol–water partition coefficient (Wildman–Crippen LogP) is 4.03. The van der Waals surface area contributed by atoms with Crippen molar-refractivity contribution in [2.24, 2.45) is 11.8 Å². The fourth-order valence-electron chi connectivity index (χ4n) is 4.75. The molecular formula is C24H28N2O4. The van der Waals surface area contributed by atoms with E-state index in [0.29, 0.717) is 30.5 Å². The Kier molecular flexibility index (Phi) is 6.31. The van der Waals surface area contributed by atoms with Crippen LogP contribution in [0.15, 0.2) is 42.5 Å². The maximum Gasteiger partial charge on any atom is 0.407 e. The van der Waals surface area contributed by atoms with E-state index in [4.69, 9.17) is 9.47 Å². The number of fused-ring (bicyclic) bond motifs is 2. The van der Waals surface area contributed by atoms with Gasteiger partial charge in [-0.1, -0.05) is 36.4 Å². The molecule has 2 aromatic rings. The van der Waals surface area contributed by atoms with Crippen LogP contribution in [0.2, 0.25) is 0 Å². The van der Waals surface area contributed by atoms with Gasteiger partial charge in [0.2, 0.25) is 5.88 Å². The Hall–Kier alpha value is -2.89. The molecule has 1 saturated carbocycles. The highest BCUT2D eigenvalue weighted by Crippen LogP contribution is 2.41. The Morgan fingerprint density at radius 3 is 2.83 bits per heavy atom. The van der Waals surface area contributed by atoms with Gasteiger partial charge in [-0.25, -0.2) is 9.78 Å². The first-order chi connectivity index (χ1) is 14.6. The molecular weight excluding hydrogens is 380 g/mol. The molecule has 158 valence electrons. The van der Waals surface area contributed by atoms with Crippen molar-refractivity contribution in [3.63, 3.8) is 0 Å². The Bertz CT molecular complexity index is 899. The number of benzene rings is 1. The van der Waals surface area contributed by atoms with Gasteiger partial charge < -0.3 is 14.8 Å². The molecule has 1 aromatic heterocycles. The number of alkyl carbamates (subject to hydrolysis) is 1. The van der Waals surface area contributed by atoms with Gasteiger partial charge in [0.25, 0.3) is 0 Å². The summed E-state index contributed by atoms with van der Waals surface area (Å²) in [6, 6.07) is 13.5. The molecule has 0 radical (unpaired) electrons. The number of rotatable bonds is 5. The number of ether oxygens (including phenoxy) is 2. The number of ketones is 1. The fraction of sp³-hybridized carbons (Fsp3) is 0.458. The van der Waals surface area contributed by atoms with Crippen LogP contribution in [0.3, 0.4) is 0 Å². The van der Waals surface area contributed by atoms with Crippen molar-refractivity contribution >= 4 is 11.9 Å². The van der Waals surface area contributed by atoms with Gasteiger partial charge >= 0.3 is 6.09 Å². The zero-order chi connectivity index (χ0) is 20.9. The number of hydrogen-bond acceptors (Lipinski definition) is 5. The molecule has 2 aliphatic carbocycles. The van der Waals surface area contributed by atoms with Crippen LogP contribution in [0.4, 0.5) is 4.79 Å². The van der Waals surface area contributed by atoms with Crippen LogP contribution in [0.25, 0.3) is 0 Å². The van der Waals surface area contributed by atoms with Crippen molar-refractivity contribution in [3.05, 3.63) is 59.3 Å². The minimum Gasteiger partial charge on any atom is -0.481 e. The molecule has 30 heavy (non-hydrogen) atoms. The average Bonchev–Trinajstić information content (AvgIpc) is 2.93. The molecule has 1 N–H and O–H groups in total. The Labute approximate surface area is 177 Å². The molecule has 3 atom stereocenters. The molecule has 0 unspecified atom stereocenters. The summed E-state index contributed by atoms with van der Waals surface area (Å²) in [5, 5.41) is 2.90. The summed E-state index contributed by atoms with van der Waals surface area (Å²) in [7, 11) is 1.61. The van der Waals surface area contributed by atoms with Gasteiger partial charge in [0.15, 0.2) is 0 Å². The van der Waals surface area contributed by atoms with E-state index in [-0.39, 0.29) is 18.4 Å². The van der Waals surface area contributed by atoms with Crippen LogP contribution in [0, 0.1) is 11.8 Å². The van der Waals surface area contributed by atoms with Gasteiger partial charge in [0.05, 0.1) is 7.11 Å². The van der Waals surface area contributed by atoms with Gasteiger partial charge in [-0.05, 0) is 42.7 Å². The van der Waals surface area contributed by atoms with Gasteiger partial charge in [-0.3, -0.25) is 4.79 Å². The number of carbonyl (C=O) groups is 2. The molecule has 1 heterocycles. The molecule has 4 rings (SSSR count). The first kappa shape index (κ1) is 20.4. The lowest BCUT2D eigenvalue weighted by Gasteiger charge is -2.29. The van der Waals surface area contributed by atoms with E-state index in [9.17, 15) is 9.59 Å². The van der Waals surface area contributed by atoms with E-state index in [1.54, 1.807) is 7.11 Å². The SMILES string of the molecule is COc1ccc2c(n1)C[C@@H]1CCCC(=O)[C@@H]1C[C@@H]2CNC(=O)OCc1ccccc1. The second-order valence-electron chi connectivity index (χ2n) is 8.19. The van der Waals surface area contributed by atoms with Crippen molar-refractivity contribution in [2.75, 3.05) is 13.7 Å². The number of hydrogen-bond donors (Lipinski definition) is 1. The lowest BCUT2D eigenvalue weighted by atomic mass is 9.74. The largest absolute Gasteiger partial charge is 0.481 e. The maximum absolute atomic E-state index is 12.6. The minimum atomic E-state index is -0.447. The average molecular weight is 408 g/mol. The van der Waals surface area contributed by atoms with Gasteiger partial charge in [-0.2, -0.15) is 0 Å². The van der Waals surface area contributed by atoms with E-state index in [2.05, 4.69) is 10.3 Å². The first-order valence-corrected chi connectivity index (χ1v) is 10.6. The summed E-state index contributed by atoms with van der Waals surface area (Å²) in [4.78, 5) is 29.6. The van der Waals surface area contributed by atoms with Crippen LogP contribution in [0.1, 0.15) is 48.4 Å². The molecule has 2 aliphatic rings. The third-order valence-corrected chi connectivity index (χ3v) is 6.31. The normalized spacial score (nSPS) is 23.0. The number of nitrogens with zero attached hydrogens (tertiary/aromatic N) is 1. The molecule has 6 heteroatoms. The van der Waals surface area contributed by atoms with E-state index in [1.807, 2.05) is 42.5 Å². The van der Waals surface area contributed by atoms with E-state index < -0.39 is 6.09 Å². The zero-order valence-corrected chi connectivity index (χ0v) is 17.3. The van der Waals surface area contributed by atoms with E-state index in [1.165, 1.54) is 0 Å². The van der Waals surface area contributed by atoms with Crippen molar-refractivity contribution in [1.29, 1.82) is 0 Å². The minimum absolute atomic E-state index is 0.0275. The zero-order valence-electron chi connectivity index (χ0n) is 17.3. The third kappa shape index (κ3) is 4.64. The van der Waals surface area contributed by atoms with Crippen LogP contribution in [-0.2, 0) is 22.6 Å². The first-order valence-electron chi connectivity index (χ1n) is 10.6. The van der Waals surface area contributed by atoms with Gasteiger partial charge in [0.1, 0.15) is 12.4 Å². The fourth-order valence-corrected chi connectivity index (χ4v) is 4.75. The number of nitrogens with one attached hydrogen (secondary N) is 1. The quantitative estimate of drug-likeness (QED) is 0.808. The van der Waals surface area contributed by atoms with Crippen molar-refractivity contribution in [1.82, 2.24) is 10.3 Å². The summed E-state index contributed by atoms with van der Waals surface area (Å²) in [6.07, 6.45) is 3.74. The lowest BCUT2D eigenvalue weighted by molar-refractivity contribution is -0.127.